The third-order valence-electron chi connectivity index (χ3n) is 8.38. The molecular formula is C35H36Cl2SiZr. The van der Waals surface area contributed by atoms with Crippen LogP contribution in [0.4, 0.5) is 0 Å². The summed E-state index contributed by atoms with van der Waals surface area (Å²) in [6.45, 7) is 11.6. The van der Waals surface area contributed by atoms with Gasteiger partial charge >= 0.3 is 250 Å². The molecule has 1 heterocycles. The van der Waals surface area contributed by atoms with Crippen molar-refractivity contribution in [2.75, 3.05) is 0 Å². The van der Waals surface area contributed by atoms with Crippen molar-refractivity contribution in [2.24, 2.45) is 5.92 Å². The van der Waals surface area contributed by atoms with Crippen molar-refractivity contribution in [1.29, 1.82) is 0 Å². The molecule has 39 heavy (non-hydrogen) atoms. The second-order valence-electron chi connectivity index (χ2n) is 12.6. The number of halogens is 2. The fourth-order valence-electron chi connectivity index (χ4n) is 6.75. The molecule has 198 valence electrons. The Labute approximate surface area is 247 Å². The van der Waals surface area contributed by atoms with Crippen LogP contribution in [-0.2, 0) is 23.3 Å². The van der Waals surface area contributed by atoms with Gasteiger partial charge in [0.2, 0.25) is 0 Å². The van der Waals surface area contributed by atoms with Crippen LogP contribution < -0.4 is 13.6 Å². The molecular weight excluding hydrogens is 611 g/mol. The maximum absolute atomic E-state index is 7.89. The summed E-state index contributed by atoms with van der Waals surface area (Å²) >= 11 is -3.99. The van der Waals surface area contributed by atoms with Gasteiger partial charge in [-0.05, 0) is 0 Å². The Hall–Kier alpha value is -1.70. The monoisotopic (exact) mass is 644 g/mol. The van der Waals surface area contributed by atoms with E-state index >= 15 is 0 Å². The standard InChI is InChI=1S/C23H27.C12H9Si.2ClH.Zr/c1-16(2)13-17-14-19-11-12-21(23(3,4)5)22(20(19)15-17)18-9-7-6-8-10-18;1-3-7-11-9(5-1)10-6-2-4-8-12(10)13-11;;;/h6-12,14-16H,13H2,1-5H3;1-7H,13H2;2*1H;/q;;;;+2/p-2. The number of allylic oxidation sites excluding steroid dienone is 1. The number of hydrogen-bond acceptors (Lipinski definition) is 0. The molecule has 0 N–H and O–H groups in total. The van der Waals surface area contributed by atoms with E-state index in [0.717, 1.165) is 6.42 Å². The number of rotatable bonds is 5. The molecule has 0 radical (unpaired) electrons. The van der Waals surface area contributed by atoms with Crippen molar-refractivity contribution in [3.05, 3.63) is 107 Å². The predicted octanol–water partition coefficient (Wildman–Crippen LogP) is 8.02. The molecule has 4 aromatic carbocycles. The molecule has 0 saturated heterocycles. The Morgan fingerprint density at radius 1 is 0.821 bits per heavy atom. The molecule has 0 amide bonds. The van der Waals surface area contributed by atoms with Crippen LogP contribution in [0, 0.1) is 5.92 Å². The van der Waals surface area contributed by atoms with E-state index in [9.17, 15) is 0 Å². The number of benzene rings is 4. The Morgan fingerprint density at radius 3 is 2.23 bits per heavy atom. The van der Waals surface area contributed by atoms with Crippen LogP contribution in [0.15, 0.2) is 90.5 Å². The van der Waals surface area contributed by atoms with Gasteiger partial charge in [-0.2, -0.15) is 0 Å². The first-order valence-corrected chi connectivity index (χ1v) is 24.5. The molecule has 1 unspecified atom stereocenters. The molecule has 0 nitrogen and oxygen atoms in total. The fraction of sp³-hybridized carbons (Fsp3) is 0.257. The third kappa shape index (κ3) is 4.80. The first kappa shape index (κ1) is 27.5. The molecule has 0 spiro atoms. The molecule has 0 aromatic heterocycles. The molecule has 0 bridgehead atoms. The van der Waals surface area contributed by atoms with Crippen molar-refractivity contribution in [3.8, 4) is 22.3 Å². The summed E-state index contributed by atoms with van der Waals surface area (Å²) in [5.74, 6) is 0.533. The summed E-state index contributed by atoms with van der Waals surface area (Å²) in [6.07, 6.45) is 3.49. The Balaban J connectivity index is 1.57. The van der Waals surface area contributed by atoms with Gasteiger partial charge in [-0.15, -0.1) is 0 Å². The second-order valence-corrected chi connectivity index (χ2v) is 28.5. The van der Waals surface area contributed by atoms with Crippen molar-refractivity contribution < 1.29 is 17.9 Å². The Kier molecular flexibility index (Phi) is 7.25. The molecule has 1 aliphatic carbocycles. The van der Waals surface area contributed by atoms with Crippen LogP contribution in [0.25, 0.3) is 28.3 Å². The number of fused-ring (bicyclic) bond motifs is 4. The van der Waals surface area contributed by atoms with E-state index in [1.807, 2.05) is 0 Å². The minimum absolute atomic E-state index is 0.0181. The SMILES string of the molecule is CC(C)CC1=Cc2c(ccc(C(C)(C)C)c2-c2ccccc2)[CH]1[Zr]([Cl])([Cl])[c]1cccc2c1[SiH2]c1ccccc1-2. The van der Waals surface area contributed by atoms with E-state index in [1.165, 1.54) is 58.2 Å². The molecule has 2 aliphatic rings. The minimum atomic E-state index is -3.99. The normalized spacial score (nSPS) is 16.8. The van der Waals surface area contributed by atoms with E-state index in [4.69, 9.17) is 17.0 Å². The van der Waals surface area contributed by atoms with Gasteiger partial charge < -0.3 is 0 Å². The number of hydrogen-bond donors (Lipinski definition) is 0. The van der Waals surface area contributed by atoms with Crippen LogP contribution in [0.2, 0.25) is 0 Å². The van der Waals surface area contributed by atoms with Crippen molar-refractivity contribution in [1.82, 2.24) is 0 Å². The summed E-state index contributed by atoms with van der Waals surface area (Å²) in [5, 5.41) is 3.01. The van der Waals surface area contributed by atoms with E-state index in [1.54, 1.807) is 0 Å². The molecule has 1 atom stereocenters. The van der Waals surface area contributed by atoms with Gasteiger partial charge in [0.25, 0.3) is 0 Å². The zero-order chi connectivity index (χ0) is 27.5. The van der Waals surface area contributed by atoms with Gasteiger partial charge in [-0.25, -0.2) is 0 Å². The Morgan fingerprint density at radius 2 is 1.51 bits per heavy atom. The summed E-state index contributed by atoms with van der Waals surface area (Å²) < 4.78 is 1.42. The van der Waals surface area contributed by atoms with E-state index in [-0.39, 0.29) is 9.04 Å². The van der Waals surface area contributed by atoms with Crippen molar-refractivity contribution in [2.45, 2.75) is 50.1 Å². The molecule has 4 heteroatoms. The molecule has 6 rings (SSSR count). The molecule has 0 saturated carbocycles. The topological polar surface area (TPSA) is 0 Å². The average molecular weight is 647 g/mol. The van der Waals surface area contributed by atoms with Crippen molar-refractivity contribution in [3.63, 3.8) is 0 Å². The first-order chi connectivity index (χ1) is 18.6. The van der Waals surface area contributed by atoms with Crippen molar-refractivity contribution >= 4 is 46.3 Å². The zero-order valence-electron chi connectivity index (χ0n) is 23.5. The molecule has 0 fully saturated rings. The quantitative estimate of drug-likeness (QED) is 0.170. The van der Waals surface area contributed by atoms with Gasteiger partial charge in [0.05, 0.1) is 0 Å². The second kappa shape index (κ2) is 10.3. The summed E-state index contributed by atoms with van der Waals surface area (Å²) in [5.41, 5.74) is 10.9. The van der Waals surface area contributed by atoms with E-state index in [2.05, 4.69) is 126 Å². The summed E-state index contributed by atoms with van der Waals surface area (Å²) in [4.78, 5) is 0. The van der Waals surface area contributed by atoms with Gasteiger partial charge in [0.1, 0.15) is 0 Å². The van der Waals surface area contributed by atoms with E-state index < -0.39 is 27.4 Å². The third-order valence-corrected chi connectivity index (χ3v) is 22.7. The average Bonchev–Trinajstić information content (AvgIpc) is 3.45. The fourth-order valence-corrected chi connectivity index (χ4v) is 23.6. The summed E-state index contributed by atoms with van der Waals surface area (Å²) in [7, 11) is 15.1. The van der Waals surface area contributed by atoms with Gasteiger partial charge in [0, 0.05) is 0 Å². The van der Waals surface area contributed by atoms with Crippen LogP contribution in [0.3, 0.4) is 0 Å². The summed E-state index contributed by atoms with van der Waals surface area (Å²) in [6, 6.07) is 31.3. The van der Waals surface area contributed by atoms with Crippen LogP contribution >= 0.6 is 17.0 Å². The maximum atomic E-state index is 7.89. The van der Waals surface area contributed by atoms with Gasteiger partial charge in [-0.1, -0.05) is 0 Å². The molecule has 1 aliphatic heterocycles. The molecule has 4 aromatic rings. The predicted molar refractivity (Wildman–Crippen MR) is 172 cm³/mol. The first-order valence-electron chi connectivity index (χ1n) is 14.1. The Bertz CT molecular complexity index is 1600. The van der Waals surface area contributed by atoms with Crippen LogP contribution in [-0.4, -0.2) is 9.52 Å². The van der Waals surface area contributed by atoms with Gasteiger partial charge in [0.15, 0.2) is 0 Å². The van der Waals surface area contributed by atoms with Crippen LogP contribution in [0.5, 0.6) is 0 Å². The van der Waals surface area contributed by atoms with Gasteiger partial charge in [-0.3, -0.25) is 0 Å². The zero-order valence-corrected chi connectivity index (χ0v) is 28.9. The van der Waals surface area contributed by atoms with Crippen LogP contribution in [0.1, 0.15) is 61.4 Å². The van der Waals surface area contributed by atoms with E-state index in [0.29, 0.717) is 5.92 Å².